The Morgan fingerprint density at radius 1 is 1.09 bits per heavy atom. The Morgan fingerprint density at radius 3 is 2.50 bits per heavy atom. The van der Waals surface area contributed by atoms with Crippen LogP contribution in [0.5, 0.6) is 0 Å². The zero-order valence-corrected chi connectivity index (χ0v) is 11.5. The highest BCUT2D eigenvalue weighted by Crippen LogP contribution is 2.19. The van der Waals surface area contributed by atoms with E-state index in [1.807, 2.05) is 36.4 Å². The number of nitriles is 1. The maximum atomic E-state index is 12.1. The van der Waals surface area contributed by atoms with E-state index in [4.69, 9.17) is 9.68 Å². The van der Waals surface area contributed by atoms with Gasteiger partial charge in [0, 0.05) is 11.3 Å². The first-order valence-corrected chi connectivity index (χ1v) is 6.59. The number of amides is 1. The molecule has 1 heterocycles. The van der Waals surface area contributed by atoms with E-state index in [2.05, 4.69) is 10.3 Å². The van der Waals surface area contributed by atoms with Crippen LogP contribution in [0, 0.1) is 11.3 Å². The third-order valence-corrected chi connectivity index (χ3v) is 3.02. The molecule has 0 saturated carbocycles. The number of carbonyl (C=O) groups is 1. The van der Waals surface area contributed by atoms with E-state index in [1.54, 1.807) is 24.3 Å². The average Bonchev–Trinajstić information content (AvgIpc) is 3.06. The fourth-order valence-corrected chi connectivity index (χ4v) is 1.91. The van der Waals surface area contributed by atoms with E-state index >= 15 is 0 Å². The van der Waals surface area contributed by atoms with E-state index in [-0.39, 0.29) is 11.7 Å². The van der Waals surface area contributed by atoms with Gasteiger partial charge in [0.25, 0.3) is 5.91 Å². The molecule has 3 rings (SSSR count). The molecule has 0 aliphatic rings. The molecule has 0 bridgehead atoms. The number of hydrogen-bond donors (Lipinski definition) is 1. The molecule has 5 nitrogen and oxygen atoms in total. The molecule has 106 valence electrons. The van der Waals surface area contributed by atoms with E-state index < -0.39 is 0 Å². The summed E-state index contributed by atoms with van der Waals surface area (Å²) in [7, 11) is 0. The molecule has 0 aliphatic heterocycles. The summed E-state index contributed by atoms with van der Waals surface area (Å²) >= 11 is 0. The fraction of sp³-hybridized carbons (Fsp3) is 0. The van der Waals surface area contributed by atoms with Crippen LogP contribution in [0.1, 0.15) is 16.1 Å². The molecule has 0 atom stereocenters. The van der Waals surface area contributed by atoms with Crippen molar-refractivity contribution in [2.24, 2.45) is 0 Å². The zero-order valence-electron chi connectivity index (χ0n) is 11.5. The summed E-state index contributed by atoms with van der Waals surface area (Å²) in [5.41, 5.74) is 1.92. The SMILES string of the molecule is N#Cc1ccc(NC(=O)c2cnc(-c3ccccc3)o2)cc1. The van der Waals surface area contributed by atoms with Gasteiger partial charge in [-0.05, 0) is 36.4 Å². The normalized spacial score (nSPS) is 9.95. The third-order valence-electron chi connectivity index (χ3n) is 3.02. The molecule has 0 fully saturated rings. The number of anilines is 1. The van der Waals surface area contributed by atoms with Gasteiger partial charge >= 0.3 is 0 Å². The first kappa shape index (κ1) is 13.6. The summed E-state index contributed by atoms with van der Waals surface area (Å²) < 4.78 is 5.47. The standard InChI is InChI=1S/C17H11N3O2/c18-10-12-6-8-14(9-7-12)20-16(21)15-11-19-17(22-15)13-4-2-1-3-5-13/h1-9,11H,(H,20,21). The minimum Gasteiger partial charge on any atom is -0.431 e. The smallest absolute Gasteiger partial charge is 0.293 e. The molecule has 0 unspecified atom stereocenters. The van der Waals surface area contributed by atoms with Crippen molar-refractivity contribution in [2.75, 3.05) is 5.32 Å². The Hall–Kier alpha value is -3.39. The summed E-state index contributed by atoms with van der Waals surface area (Å²) in [6.07, 6.45) is 1.39. The highest BCUT2D eigenvalue weighted by molar-refractivity contribution is 6.02. The van der Waals surface area contributed by atoms with Crippen molar-refractivity contribution in [3.8, 4) is 17.5 Å². The third kappa shape index (κ3) is 2.86. The van der Waals surface area contributed by atoms with Crippen LogP contribution in [0.4, 0.5) is 5.69 Å². The number of hydrogen-bond acceptors (Lipinski definition) is 4. The van der Waals surface area contributed by atoms with Crippen LogP contribution in [0.2, 0.25) is 0 Å². The van der Waals surface area contributed by atoms with Gasteiger partial charge in [0.15, 0.2) is 0 Å². The summed E-state index contributed by atoms with van der Waals surface area (Å²) in [6, 6.07) is 17.9. The predicted molar refractivity (Wildman–Crippen MR) is 81.0 cm³/mol. The van der Waals surface area contributed by atoms with Crippen molar-refractivity contribution < 1.29 is 9.21 Å². The fourth-order valence-electron chi connectivity index (χ4n) is 1.91. The molecule has 1 N–H and O–H groups in total. The lowest BCUT2D eigenvalue weighted by Gasteiger charge is -2.02. The van der Waals surface area contributed by atoms with E-state index in [9.17, 15) is 4.79 Å². The summed E-state index contributed by atoms with van der Waals surface area (Å²) in [6.45, 7) is 0. The maximum Gasteiger partial charge on any atom is 0.293 e. The molecule has 5 heteroatoms. The van der Waals surface area contributed by atoms with Crippen LogP contribution in [0.25, 0.3) is 11.5 Å². The topological polar surface area (TPSA) is 78.9 Å². The number of carbonyl (C=O) groups excluding carboxylic acids is 1. The van der Waals surface area contributed by atoms with Gasteiger partial charge in [0.1, 0.15) is 0 Å². The first-order chi connectivity index (χ1) is 10.8. The highest BCUT2D eigenvalue weighted by atomic mass is 16.4. The van der Waals surface area contributed by atoms with Crippen molar-refractivity contribution >= 4 is 11.6 Å². The van der Waals surface area contributed by atoms with Crippen molar-refractivity contribution in [3.05, 3.63) is 72.1 Å². The van der Waals surface area contributed by atoms with Crippen LogP contribution >= 0.6 is 0 Å². The van der Waals surface area contributed by atoms with Crippen molar-refractivity contribution in [2.45, 2.75) is 0 Å². The van der Waals surface area contributed by atoms with Gasteiger partial charge in [0.2, 0.25) is 11.7 Å². The van der Waals surface area contributed by atoms with Gasteiger partial charge in [-0.25, -0.2) is 4.98 Å². The Bertz CT molecular complexity index is 830. The van der Waals surface area contributed by atoms with Gasteiger partial charge in [0.05, 0.1) is 17.8 Å². The molecule has 0 spiro atoms. The monoisotopic (exact) mass is 289 g/mol. The van der Waals surface area contributed by atoms with Crippen LogP contribution in [0.15, 0.2) is 65.2 Å². The van der Waals surface area contributed by atoms with E-state index in [1.165, 1.54) is 6.20 Å². The summed E-state index contributed by atoms with van der Waals surface area (Å²) in [5.74, 6) is 0.133. The number of aromatic nitrogens is 1. The van der Waals surface area contributed by atoms with Crippen molar-refractivity contribution in [1.82, 2.24) is 4.98 Å². The molecule has 22 heavy (non-hydrogen) atoms. The van der Waals surface area contributed by atoms with Crippen molar-refractivity contribution in [1.29, 1.82) is 5.26 Å². The minimum atomic E-state index is -0.389. The Kier molecular flexibility index (Phi) is 3.67. The number of benzene rings is 2. The lowest BCUT2D eigenvalue weighted by molar-refractivity contribution is 0.0997. The molecular weight excluding hydrogens is 278 g/mol. The molecular formula is C17H11N3O2. The van der Waals surface area contributed by atoms with Crippen LogP contribution < -0.4 is 5.32 Å². The number of nitrogens with one attached hydrogen (secondary N) is 1. The van der Waals surface area contributed by atoms with Gasteiger partial charge in [-0.2, -0.15) is 5.26 Å². The lowest BCUT2D eigenvalue weighted by atomic mass is 10.2. The largest absolute Gasteiger partial charge is 0.431 e. The van der Waals surface area contributed by atoms with Crippen LogP contribution in [-0.4, -0.2) is 10.9 Å². The van der Waals surface area contributed by atoms with Gasteiger partial charge in [-0.1, -0.05) is 18.2 Å². The number of nitrogens with zero attached hydrogens (tertiary/aromatic N) is 2. The van der Waals surface area contributed by atoms with Gasteiger partial charge in [-0.3, -0.25) is 4.79 Å². The predicted octanol–water partition coefficient (Wildman–Crippen LogP) is 3.47. The summed E-state index contributed by atoms with van der Waals surface area (Å²) in [4.78, 5) is 16.2. The quantitative estimate of drug-likeness (QED) is 0.800. The second-order valence-corrected chi connectivity index (χ2v) is 4.54. The Balaban J connectivity index is 1.75. The Labute approximate surface area is 126 Å². The molecule has 2 aromatic carbocycles. The van der Waals surface area contributed by atoms with Crippen molar-refractivity contribution in [3.63, 3.8) is 0 Å². The van der Waals surface area contributed by atoms with Gasteiger partial charge in [-0.15, -0.1) is 0 Å². The molecule has 0 radical (unpaired) electrons. The highest BCUT2D eigenvalue weighted by Gasteiger charge is 2.13. The average molecular weight is 289 g/mol. The van der Waals surface area contributed by atoms with E-state index in [0.29, 0.717) is 17.1 Å². The molecule has 0 saturated heterocycles. The zero-order chi connectivity index (χ0) is 15.4. The minimum absolute atomic E-state index is 0.128. The van der Waals surface area contributed by atoms with E-state index in [0.717, 1.165) is 5.56 Å². The molecule has 0 aliphatic carbocycles. The number of rotatable bonds is 3. The molecule has 1 amide bonds. The lowest BCUT2D eigenvalue weighted by Crippen LogP contribution is -2.10. The second-order valence-electron chi connectivity index (χ2n) is 4.54. The van der Waals surface area contributed by atoms with Crippen LogP contribution in [-0.2, 0) is 0 Å². The summed E-state index contributed by atoms with van der Waals surface area (Å²) in [5, 5.41) is 11.4. The molecule has 3 aromatic rings. The Morgan fingerprint density at radius 2 is 1.82 bits per heavy atom. The maximum absolute atomic E-state index is 12.1. The second kappa shape index (κ2) is 5.94. The first-order valence-electron chi connectivity index (χ1n) is 6.59. The molecule has 1 aromatic heterocycles. The van der Waals surface area contributed by atoms with Crippen LogP contribution in [0.3, 0.4) is 0 Å². The number of oxazole rings is 1. The van der Waals surface area contributed by atoms with Gasteiger partial charge < -0.3 is 9.73 Å².